The first kappa shape index (κ1) is 25.7. The van der Waals surface area contributed by atoms with E-state index in [9.17, 15) is 24.5 Å². The average Bonchev–Trinajstić information content (AvgIpc) is 3.32. The van der Waals surface area contributed by atoms with Crippen LogP contribution in [0.4, 0.5) is 11.4 Å². The molecule has 0 atom stereocenters. The maximum Gasteiger partial charge on any atom is 0.338 e. The Hall–Kier alpha value is -4.97. The van der Waals surface area contributed by atoms with Crippen LogP contribution in [0.3, 0.4) is 0 Å². The number of thioether (sulfide) groups is 1. The van der Waals surface area contributed by atoms with E-state index in [4.69, 9.17) is 9.72 Å². The number of ether oxygens (including phenoxy) is 1. The zero-order valence-corrected chi connectivity index (χ0v) is 21.4. The fraction of sp³-hybridized carbons (Fsp3) is 0.111. The molecule has 196 valence electrons. The summed E-state index contributed by atoms with van der Waals surface area (Å²) in [5.74, 6) is -0.881. The third-order valence-corrected chi connectivity index (χ3v) is 6.76. The minimum atomic E-state index is -0.523. The molecule has 0 aliphatic rings. The Balaban J connectivity index is 1.45. The number of hydrogen-bond acceptors (Lipinski definition) is 8. The topological polar surface area (TPSA) is 149 Å². The van der Waals surface area contributed by atoms with Crippen LogP contribution in [0.25, 0.3) is 27.6 Å². The molecule has 0 radical (unpaired) electrons. The molecule has 5 aromatic rings. The quantitative estimate of drug-likeness (QED) is 0.0942. The number of para-hydroxylation sites is 1. The molecule has 0 bridgehead atoms. The van der Waals surface area contributed by atoms with E-state index in [-0.39, 0.29) is 34.6 Å². The summed E-state index contributed by atoms with van der Waals surface area (Å²) in [4.78, 5) is 56.6. The van der Waals surface area contributed by atoms with Gasteiger partial charge in [0.15, 0.2) is 5.16 Å². The number of anilines is 1. The van der Waals surface area contributed by atoms with E-state index in [2.05, 4.69) is 10.3 Å². The van der Waals surface area contributed by atoms with Crippen molar-refractivity contribution in [2.75, 3.05) is 17.7 Å². The first-order chi connectivity index (χ1) is 18.9. The molecule has 3 aromatic carbocycles. The van der Waals surface area contributed by atoms with Crippen molar-refractivity contribution in [3.63, 3.8) is 0 Å². The molecule has 0 aliphatic heterocycles. The molecule has 0 aliphatic carbocycles. The van der Waals surface area contributed by atoms with Crippen molar-refractivity contribution in [1.29, 1.82) is 0 Å². The van der Waals surface area contributed by atoms with Gasteiger partial charge >= 0.3 is 5.97 Å². The smallest absolute Gasteiger partial charge is 0.338 e. The normalized spacial score (nSPS) is 11.0. The van der Waals surface area contributed by atoms with Crippen LogP contribution in [0, 0.1) is 10.1 Å². The van der Waals surface area contributed by atoms with Crippen LogP contribution in [0.15, 0.2) is 82.7 Å². The lowest BCUT2D eigenvalue weighted by Gasteiger charge is -2.12. The lowest BCUT2D eigenvalue weighted by atomic mass is 10.2. The van der Waals surface area contributed by atoms with Gasteiger partial charge < -0.3 is 15.0 Å². The van der Waals surface area contributed by atoms with Gasteiger partial charge in [-0.15, -0.1) is 0 Å². The summed E-state index contributed by atoms with van der Waals surface area (Å²) >= 11 is 1.05. The van der Waals surface area contributed by atoms with Crippen LogP contribution in [0.2, 0.25) is 0 Å². The Kier molecular flexibility index (Phi) is 7.10. The van der Waals surface area contributed by atoms with E-state index >= 15 is 0 Å². The molecule has 5 rings (SSSR count). The number of carbonyl (C=O) groups excluding carboxylic acids is 2. The van der Waals surface area contributed by atoms with E-state index in [0.717, 1.165) is 22.7 Å². The number of benzene rings is 3. The highest BCUT2D eigenvalue weighted by Crippen LogP contribution is 2.27. The fourth-order valence-corrected chi connectivity index (χ4v) is 4.83. The van der Waals surface area contributed by atoms with Crippen LogP contribution < -0.4 is 10.9 Å². The summed E-state index contributed by atoms with van der Waals surface area (Å²) in [6, 6.07) is 19.2. The molecular weight excluding hydrogens is 522 g/mol. The van der Waals surface area contributed by atoms with Gasteiger partial charge in [-0.2, -0.15) is 0 Å². The van der Waals surface area contributed by atoms with Crippen molar-refractivity contribution >= 4 is 56.9 Å². The lowest BCUT2D eigenvalue weighted by molar-refractivity contribution is -0.384. The number of fused-ring (bicyclic) bond motifs is 3. The second kappa shape index (κ2) is 10.8. The highest BCUT2D eigenvalue weighted by Gasteiger charge is 2.19. The Labute approximate surface area is 225 Å². The predicted molar refractivity (Wildman–Crippen MR) is 148 cm³/mol. The van der Waals surface area contributed by atoms with E-state index in [1.165, 1.54) is 28.8 Å². The number of hydrogen-bond donors (Lipinski definition) is 2. The monoisotopic (exact) mass is 543 g/mol. The summed E-state index contributed by atoms with van der Waals surface area (Å²) in [5.41, 5.74) is 2.19. The SMILES string of the molecule is CCOC(=O)c1ccc(NC(=O)CSc2nc3c([nH]c4ccccc43)c(=O)n2-c2ccc([N+](=O)[O-])cc2)cc1. The predicted octanol–water partition coefficient (Wildman–Crippen LogP) is 4.68. The number of H-pyrrole nitrogens is 1. The second-order valence-corrected chi connectivity index (χ2v) is 9.28. The Bertz CT molecular complexity index is 1780. The van der Waals surface area contributed by atoms with E-state index < -0.39 is 16.5 Å². The highest BCUT2D eigenvalue weighted by atomic mass is 32.2. The van der Waals surface area contributed by atoms with E-state index in [0.29, 0.717) is 22.5 Å². The van der Waals surface area contributed by atoms with Crippen molar-refractivity contribution in [3.8, 4) is 5.69 Å². The second-order valence-electron chi connectivity index (χ2n) is 8.34. The summed E-state index contributed by atoms with van der Waals surface area (Å²) in [6.07, 6.45) is 0. The van der Waals surface area contributed by atoms with Crippen molar-refractivity contribution in [3.05, 3.63) is 98.8 Å². The van der Waals surface area contributed by atoms with E-state index in [1.54, 1.807) is 31.2 Å². The van der Waals surface area contributed by atoms with Gasteiger partial charge in [0.25, 0.3) is 11.2 Å². The maximum absolute atomic E-state index is 13.6. The third kappa shape index (κ3) is 5.22. The van der Waals surface area contributed by atoms with Gasteiger partial charge in [-0.3, -0.25) is 24.3 Å². The van der Waals surface area contributed by atoms with Crippen molar-refractivity contribution in [1.82, 2.24) is 14.5 Å². The largest absolute Gasteiger partial charge is 0.462 e. The lowest BCUT2D eigenvalue weighted by Crippen LogP contribution is -2.23. The molecule has 1 amide bonds. The van der Waals surface area contributed by atoms with Gasteiger partial charge in [-0.05, 0) is 49.4 Å². The number of carbonyl (C=O) groups is 2. The summed E-state index contributed by atoms with van der Waals surface area (Å²) < 4.78 is 6.29. The Morgan fingerprint density at radius 2 is 1.79 bits per heavy atom. The highest BCUT2D eigenvalue weighted by molar-refractivity contribution is 7.99. The van der Waals surface area contributed by atoms with Crippen LogP contribution in [0.1, 0.15) is 17.3 Å². The molecule has 2 aromatic heterocycles. The van der Waals surface area contributed by atoms with Gasteiger partial charge in [-0.1, -0.05) is 30.0 Å². The van der Waals surface area contributed by atoms with Gasteiger partial charge in [0.05, 0.1) is 28.5 Å². The number of aromatic nitrogens is 3. The van der Waals surface area contributed by atoms with Crippen LogP contribution in [-0.4, -0.2) is 43.7 Å². The fourth-order valence-electron chi connectivity index (χ4n) is 4.02. The standard InChI is InChI=1S/C27H21N5O6S/c1-2-38-26(35)16-7-9-17(10-8-16)28-22(33)15-39-27-30-23-20-5-3-4-6-21(20)29-24(23)25(34)31(27)18-11-13-19(14-12-18)32(36)37/h3-14,29H,2,15H2,1H3,(H,28,33). The molecule has 0 saturated carbocycles. The Morgan fingerprint density at radius 1 is 1.08 bits per heavy atom. The van der Waals surface area contributed by atoms with Crippen LogP contribution >= 0.6 is 11.8 Å². The number of non-ortho nitro benzene ring substituents is 1. The number of nitrogens with one attached hydrogen (secondary N) is 2. The number of nitro benzene ring substituents is 1. The summed E-state index contributed by atoms with van der Waals surface area (Å²) in [5, 5.41) is 14.9. The molecular formula is C27H21N5O6S. The molecule has 2 N–H and O–H groups in total. The van der Waals surface area contributed by atoms with Gasteiger partial charge in [0.2, 0.25) is 5.91 Å². The number of amides is 1. The molecule has 39 heavy (non-hydrogen) atoms. The minimum Gasteiger partial charge on any atom is -0.462 e. The Morgan fingerprint density at radius 3 is 2.49 bits per heavy atom. The summed E-state index contributed by atoms with van der Waals surface area (Å²) in [6.45, 7) is 1.98. The number of aromatic amines is 1. The maximum atomic E-state index is 13.6. The molecule has 2 heterocycles. The zero-order valence-electron chi connectivity index (χ0n) is 20.5. The van der Waals surface area contributed by atoms with Gasteiger partial charge in [-0.25, -0.2) is 9.78 Å². The number of nitro groups is 1. The van der Waals surface area contributed by atoms with Crippen molar-refractivity contribution < 1.29 is 19.2 Å². The first-order valence-corrected chi connectivity index (χ1v) is 12.8. The number of esters is 1. The van der Waals surface area contributed by atoms with Crippen molar-refractivity contribution in [2.45, 2.75) is 12.1 Å². The average molecular weight is 544 g/mol. The molecule has 0 unspecified atom stereocenters. The molecule has 0 fully saturated rings. The van der Waals surface area contributed by atoms with Gasteiger partial charge in [0, 0.05) is 28.7 Å². The number of rotatable bonds is 8. The van der Waals surface area contributed by atoms with E-state index in [1.807, 2.05) is 24.3 Å². The molecule has 0 saturated heterocycles. The van der Waals surface area contributed by atoms with Gasteiger partial charge in [0.1, 0.15) is 11.0 Å². The number of nitrogens with zero attached hydrogens (tertiary/aromatic N) is 3. The summed E-state index contributed by atoms with van der Waals surface area (Å²) in [7, 11) is 0. The van der Waals surface area contributed by atoms with Crippen LogP contribution in [-0.2, 0) is 9.53 Å². The van der Waals surface area contributed by atoms with Crippen molar-refractivity contribution in [2.24, 2.45) is 0 Å². The third-order valence-electron chi connectivity index (χ3n) is 5.83. The zero-order chi connectivity index (χ0) is 27.5. The van der Waals surface area contributed by atoms with Crippen LogP contribution in [0.5, 0.6) is 0 Å². The molecule has 12 heteroatoms. The molecule has 11 nitrogen and oxygen atoms in total. The molecule has 0 spiro atoms. The first-order valence-electron chi connectivity index (χ1n) is 11.8. The minimum absolute atomic E-state index is 0.0765.